The normalized spacial score (nSPS) is 15.9. The molecular weight excluding hydrogens is 215 g/mol. The first-order chi connectivity index (χ1) is 4.83. The van der Waals surface area contributed by atoms with E-state index in [1.807, 2.05) is 0 Å². The first-order valence-corrected chi connectivity index (χ1v) is 5.32. The van der Waals surface area contributed by atoms with E-state index in [9.17, 15) is 19.4 Å². The van der Waals surface area contributed by atoms with E-state index in [1.54, 1.807) is 0 Å². The monoisotopic (exact) mass is 225 g/mol. The van der Waals surface area contributed by atoms with Crippen LogP contribution in [0.25, 0.3) is 0 Å². The molecule has 0 saturated heterocycles. The maximum absolute atomic E-state index is 10.5. The van der Waals surface area contributed by atoms with Gasteiger partial charge in [0.1, 0.15) is 0 Å². The molecule has 0 heterocycles. The standard InChI is InChI=1S/C5H12NO4P.2Na/c1-11(9,10)3-2-4(6)5(7)8;;/h4H,2-3,6H2,1H3,(H,7,8)(H,9,10);;/q;2*+1/p-2. The van der Waals surface area contributed by atoms with Crippen LogP contribution in [0.2, 0.25) is 0 Å². The summed E-state index contributed by atoms with van der Waals surface area (Å²) in [5.41, 5.74) is 5.00. The molecule has 0 aromatic carbocycles. The van der Waals surface area contributed by atoms with Crippen molar-refractivity contribution in [3.8, 4) is 0 Å². The Kier molecular flexibility index (Phi) is 13.7. The van der Waals surface area contributed by atoms with Gasteiger partial charge in [0.25, 0.3) is 0 Å². The average molecular weight is 225 g/mol. The van der Waals surface area contributed by atoms with Gasteiger partial charge in [-0.15, -0.1) is 0 Å². The second-order valence-electron chi connectivity index (χ2n) is 2.45. The van der Waals surface area contributed by atoms with Gasteiger partial charge in [-0.2, -0.15) is 0 Å². The SMILES string of the molecule is CP(=O)([O-])CCC(N)C(=O)[O-].[Na+].[Na+]. The van der Waals surface area contributed by atoms with Crippen molar-refractivity contribution < 1.29 is 78.5 Å². The molecule has 0 aliphatic rings. The molecule has 66 valence electrons. The number of hydrogen-bond acceptors (Lipinski definition) is 5. The summed E-state index contributed by atoms with van der Waals surface area (Å²) in [7, 11) is -3.38. The number of hydrogen-bond donors (Lipinski definition) is 1. The quantitative estimate of drug-likeness (QED) is 0.377. The summed E-state index contributed by atoms with van der Waals surface area (Å²) in [6.45, 7) is 1.05. The minimum absolute atomic E-state index is 0. The van der Waals surface area contributed by atoms with Gasteiger partial charge in [-0.05, 0) is 19.2 Å². The topological polar surface area (TPSA) is 106 Å². The Morgan fingerprint density at radius 3 is 2.15 bits per heavy atom. The third-order valence-corrected chi connectivity index (χ3v) is 2.22. The van der Waals surface area contributed by atoms with Crippen molar-refractivity contribution in [1.82, 2.24) is 0 Å². The Morgan fingerprint density at radius 2 is 1.92 bits per heavy atom. The van der Waals surface area contributed by atoms with Crippen LogP contribution in [0.4, 0.5) is 0 Å². The Hall–Kier alpha value is 1.62. The summed E-state index contributed by atoms with van der Waals surface area (Å²) in [5, 5.41) is 9.99. The van der Waals surface area contributed by atoms with Crippen LogP contribution in [-0.2, 0) is 9.36 Å². The predicted octanol–water partition coefficient (Wildman–Crippen LogP) is -8.27. The van der Waals surface area contributed by atoms with Crippen molar-refractivity contribution in [1.29, 1.82) is 0 Å². The molecule has 0 amide bonds. The van der Waals surface area contributed by atoms with E-state index in [2.05, 4.69) is 0 Å². The minimum Gasteiger partial charge on any atom is -0.799 e. The molecule has 0 aromatic rings. The molecule has 0 spiro atoms. The summed E-state index contributed by atoms with van der Waals surface area (Å²) < 4.78 is 10.5. The first kappa shape index (κ1) is 20.1. The van der Waals surface area contributed by atoms with Crippen molar-refractivity contribution >= 4 is 13.3 Å². The van der Waals surface area contributed by atoms with Crippen LogP contribution in [0.5, 0.6) is 0 Å². The molecule has 5 nitrogen and oxygen atoms in total. The Morgan fingerprint density at radius 1 is 1.54 bits per heavy atom. The van der Waals surface area contributed by atoms with Crippen molar-refractivity contribution in [2.75, 3.05) is 12.8 Å². The molecule has 2 N–H and O–H groups in total. The summed E-state index contributed by atoms with van der Waals surface area (Å²) in [6, 6.07) is -1.18. The number of carboxylic acid groups (broad SMARTS) is 1. The van der Waals surface area contributed by atoms with E-state index in [1.165, 1.54) is 0 Å². The molecule has 0 bridgehead atoms. The Balaban J connectivity index is -0.000000500. The second-order valence-corrected chi connectivity index (χ2v) is 4.93. The van der Waals surface area contributed by atoms with Gasteiger partial charge in [0.05, 0.1) is 5.97 Å². The van der Waals surface area contributed by atoms with Crippen molar-refractivity contribution in [2.24, 2.45) is 5.73 Å². The second kappa shape index (κ2) is 8.89. The number of carboxylic acids is 1. The number of rotatable bonds is 4. The molecule has 0 aromatic heterocycles. The van der Waals surface area contributed by atoms with E-state index in [-0.39, 0.29) is 71.7 Å². The van der Waals surface area contributed by atoms with E-state index in [4.69, 9.17) is 5.73 Å². The summed E-state index contributed by atoms with van der Waals surface area (Å²) in [5.74, 6) is -1.42. The number of nitrogens with two attached hydrogens (primary N) is 1. The zero-order chi connectivity index (χ0) is 9.07. The van der Waals surface area contributed by atoms with Gasteiger partial charge in [-0.1, -0.05) is 0 Å². The number of carbonyl (C=O) groups is 1. The van der Waals surface area contributed by atoms with Crippen LogP contribution in [0.1, 0.15) is 6.42 Å². The van der Waals surface area contributed by atoms with Gasteiger partial charge < -0.3 is 25.1 Å². The fraction of sp³-hybridized carbons (Fsp3) is 0.800. The predicted molar refractivity (Wildman–Crippen MR) is 36.0 cm³/mol. The van der Waals surface area contributed by atoms with E-state index < -0.39 is 19.4 Å². The number of carbonyl (C=O) groups excluding carboxylic acids is 1. The van der Waals surface area contributed by atoms with Gasteiger partial charge >= 0.3 is 59.1 Å². The molecule has 0 aliphatic carbocycles. The third-order valence-electron chi connectivity index (χ3n) is 1.15. The zero-order valence-electron chi connectivity index (χ0n) is 8.15. The smallest absolute Gasteiger partial charge is 0.799 e. The van der Waals surface area contributed by atoms with Gasteiger partial charge in [0, 0.05) is 13.4 Å². The molecule has 13 heavy (non-hydrogen) atoms. The van der Waals surface area contributed by atoms with E-state index >= 15 is 0 Å². The molecule has 0 radical (unpaired) electrons. The molecule has 2 atom stereocenters. The van der Waals surface area contributed by atoms with Crippen LogP contribution in [0, 0.1) is 0 Å². The molecule has 0 saturated carbocycles. The van der Waals surface area contributed by atoms with E-state index in [0.717, 1.165) is 6.66 Å². The van der Waals surface area contributed by atoms with Crippen LogP contribution in [0.15, 0.2) is 0 Å². The Labute approximate surface area is 121 Å². The summed E-state index contributed by atoms with van der Waals surface area (Å²) >= 11 is 0. The first-order valence-electron chi connectivity index (χ1n) is 3.07. The maximum atomic E-state index is 10.5. The van der Waals surface area contributed by atoms with Crippen LogP contribution < -0.4 is 74.8 Å². The van der Waals surface area contributed by atoms with Crippen molar-refractivity contribution in [3.05, 3.63) is 0 Å². The molecule has 2 unspecified atom stereocenters. The van der Waals surface area contributed by atoms with Crippen LogP contribution in [0.3, 0.4) is 0 Å². The average Bonchev–Trinajstić information content (AvgIpc) is 1.80. The fourth-order valence-corrected chi connectivity index (χ4v) is 1.24. The van der Waals surface area contributed by atoms with Gasteiger partial charge in [-0.3, -0.25) is 0 Å². The Bertz CT molecular complexity index is 195. The molecule has 8 heteroatoms. The summed E-state index contributed by atoms with van der Waals surface area (Å²) in [4.78, 5) is 20.5. The van der Waals surface area contributed by atoms with Crippen LogP contribution in [-0.4, -0.2) is 24.8 Å². The van der Waals surface area contributed by atoms with E-state index in [0.29, 0.717) is 0 Å². The maximum Gasteiger partial charge on any atom is 1.00 e. The number of aliphatic carboxylic acids is 1. The van der Waals surface area contributed by atoms with Gasteiger partial charge in [0.2, 0.25) is 0 Å². The molecule has 0 aliphatic heterocycles. The zero-order valence-corrected chi connectivity index (χ0v) is 13.0. The molecular formula is C5H10NNa2O4P. The van der Waals surface area contributed by atoms with Crippen molar-refractivity contribution in [3.63, 3.8) is 0 Å². The van der Waals surface area contributed by atoms with Gasteiger partial charge in [-0.25, -0.2) is 0 Å². The largest absolute Gasteiger partial charge is 1.00 e. The molecule has 0 fully saturated rings. The minimum atomic E-state index is -3.38. The third kappa shape index (κ3) is 13.6. The van der Waals surface area contributed by atoms with Gasteiger partial charge in [0.15, 0.2) is 0 Å². The molecule has 0 rings (SSSR count). The van der Waals surface area contributed by atoms with Crippen LogP contribution >= 0.6 is 7.37 Å². The summed E-state index contributed by atoms with van der Waals surface area (Å²) in [6.07, 6.45) is -0.276. The van der Waals surface area contributed by atoms with Crippen molar-refractivity contribution in [2.45, 2.75) is 12.5 Å². The fourth-order valence-electron chi connectivity index (χ4n) is 0.491.